The molecule has 4 nitrogen and oxygen atoms in total. The van der Waals surface area contributed by atoms with Crippen LogP contribution in [0.3, 0.4) is 0 Å². The standard InChI is InChI=1S/C13H15FN2O2/c14-11-4-2-1-3-9(11)5-6-15-13(18)10-7-12(17)16-8-10/h1-4,10H,5-8H2,(H,15,18)(H,16,17). The summed E-state index contributed by atoms with van der Waals surface area (Å²) in [5.74, 6) is -0.795. The summed E-state index contributed by atoms with van der Waals surface area (Å²) in [6.07, 6.45) is 0.692. The number of carbonyl (C=O) groups excluding carboxylic acids is 2. The highest BCUT2D eigenvalue weighted by Crippen LogP contribution is 2.09. The largest absolute Gasteiger partial charge is 0.355 e. The predicted molar refractivity (Wildman–Crippen MR) is 64.2 cm³/mol. The van der Waals surface area contributed by atoms with E-state index in [1.54, 1.807) is 18.2 Å². The molecule has 1 heterocycles. The Kier molecular flexibility index (Phi) is 3.92. The van der Waals surface area contributed by atoms with Gasteiger partial charge in [0.05, 0.1) is 5.92 Å². The Morgan fingerprint density at radius 3 is 2.89 bits per heavy atom. The highest BCUT2D eigenvalue weighted by atomic mass is 19.1. The lowest BCUT2D eigenvalue weighted by Crippen LogP contribution is -2.33. The smallest absolute Gasteiger partial charge is 0.225 e. The van der Waals surface area contributed by atoms with Crippen LogP contribution in [0, 0.1) is 11.7 Å². The highest BCUT2D eigenvalue weighted by molar-refractivity contribution is 5.89. The summed E-state index contributed by atoms with van der Waals surface area (Å²) in [6.45, 7) is 0.773. The molecule has 0 saturated carbocycles. The molecule has 2 N–H and O–H groups in total. The molecule has 1 unspecified atom stereocenters. The van der Waals surface area contributed by atoms with Crippen molar-refractivity contribution >= 4 is 11.8 Å². The number of hydrogen-bond donors (Lipinski definition) is 2. The van der Waals surface area contributed by atoms with Gasteiger partial charge in [-0.15, -0.1) is 0 Å². The molecule has 2 amide bonds. The average molecular weight is 250 g/mol. The van der Waals surface area contributed by atoms with E-state index in [0.29, 0.717) is 25.1 Å². The van der Waals surface area contributed by atoms with Gasteiger partial charge in [-0.25, -0.2) is 4.39 Å². The van der Waals surface area contributed by atoms with Gasteiger partial charge in [0, 0.05) is 19.5 Å². The van der Waals surface area contributed by atoms with Crippen LogP contribution >= 0.6 is 0 Å². The van der Waals surface area contributed by atoms with E-state index < -0.39 is 0 Å². The van der Waals surface area contributed by atoms with E-state index in [9.17, 15) is 14.0 Å². The van der Waals surface area contributed by atoms with Crippen LogP contribution in [0.2, 0.25) is 0 Å². The molecule has 1 fully saturated rings. The molecular formula is C13H15FN2O2. The van der Waals surface area contributed by atoms with E-state index in [1.807, 2.05) is 0 Å². The molecule has 0 aromatic heterocycles. The van der Waals surface area contributed by atoms with Crippen molar-refractivity contribution < 1.29 is 14.0 Å². The zero-order valence-electron chi connectivity index (χ0n) is 9.91. The van der Waals surface area contributed by atoms with Crippen LogP contribution in [0.5, 0.6) is 0 Å². The summed E-state index contributed by atoms with van der Waals surface area (Å²) in [7, 11) is 0. The zero-order chi connectivity index (χ0) is 13.0. The fourth-order valence-corrected chi connectivity index (χ4v) is 1.96. The SMILES string of the molecule is O=C1CC(C(=O)NCCc2ccccc2F)CN1. The molecule has 0 radical (unpaired) electrons. The van der Waals surface area contributed by atoms with Crippen LogP contribution < -0.4 is 10.6 Å². The predicted octanol–water partition coefficient (Wildman–Crippen LogP) is 0.620. The lowest BCUT2D eigenvalue weighted by Gasteiger charge is -2.09. The van der Waals surface area contributed by atoms with Crippen molar-refractivity contribution in [3.8, 4) is 0 Å². The molecule has 2 rings (SSSR count). The lowest BCUT2D eigenvalue weighted by molar-refractivity contribution is -0.126. The Bertz CT molecular complexity index is 462. The maximum absolute atomic E-state index is 13.3. The van der Waals surface area contributed by atoms with Gasteiger partial charge in [0.15, 0.2) is 0 Å². The number of carbonyl (C=O) groups is 2. The molecule has 1 aromatic carbocycles. The topological polar surface area (TPSA) is 58.2 Å². The third-order valence-electron chi connectivity index (χ3n) is 3.00. The monoisotopic (exact) mass is 250 g/mol. The Morgan fingerprint density at radius 2 is 2.22 bits per heavy atom. The third kappa shape index (κ3) is 3.06. The van der Waals surface area contributed by atoms with Crippen molar-refractivity contribution in [1.29, 1.82) is 0 Å². The van der Waals surface area contributed by atoms with Crippen molar-refractivity contribution in [3.05, 3.63) is 35.6 Å². The Balaban J connectivity index is 1.77. The fourth-order valence-electron chi connectivity index (χ4n) is 1.96. The van der Waals surface area contributed by atoms with Crippen LogP contribution in [-0.4, -0.2) is 24.9 Å². The molecule has 1 aromatic rings. The minimum atomic E-state index is -0.293. The number of amides is 2. The van der Waals surface area contributed by atoms with E-state index in [-0.39, 0.29) is 30.0 Å². The first-order valence-corrected chi connectivity index (χ1v) is 5.94. The van der Waals surface area contributed by atoms with Gasteiger partial charge in [-0.2, -0.15) is 0 Å². The van der Waals surface area contributed by atoms with Crippen molar-refractivity contribution in [2.24, 2.45) is 5.92 Å². The Morgan fingerprint density at radius 1 is 1.44 bits per heavy atom. The molecule has 18 heavy (non-hydrogen) atoms. The molecular weight excluding hydrogens is 235 g/mol. The van der Waals surface area contributed by atoms with Crippen molar-refractivity contribution in [3.63, 3.8) is 0 Å². The van der Waals surface area contributed by atoms with Crippen molar-refractivity contribution in [2.75, 3.05) is 13.1 Å². The number of rotatable bonds is 4. The summed E-state index contributed by atoms with van der Waals surface area (Å²) in [6, 6.07) is 6.49. The van der Waals surface area contributed by atoms with Gasteiger partial charge in [0.1, 0.15) is 5.82 Å². The Labute approximate surface area is 105 Å². The molecule has 1 aliphatic rings. The van der Waals surface area contributed by atoms with Crippen molar-refractivity contribution in [2.45, 2.75) is 12.8 Å². The molecule has 0 aliphatic carbocycles. The van der Waals surface area contributed by atoms with Gasteiger partial charge in [0.2, 0.25) is 11.8 Å². The normalized spacial score (nSPS) is 18.5. The third-order valence-corrected chi connectivity index (χ3v) is 3.00. The maximum Gasteiger partial charge on any atom is 0.225 e. The van der Waals surface area contributed by atoms with Crippen molar-refractivity contribution in [1.82, 2.24) is 10.6 Å². The fraction of sp³-hybridized carbons (Fsp3) is 0.385. The molecule has 5 heteroatoms. The minimum Gasteiger partial charge on any atom is -0.355 e. The molecule has 0 bridgehead atoms. The molecule has 1 atom stereocenters. The summed E-state index contributed by atoms with van der Waals surface area (Å²) >= 11 is 0. The summed E-state index contributed by atoms with van der Waals surface area (Å²) in [4.78, 5) is 22.6. The van der Waals surface area contributed by atoms with Crippen LogP contribution in [-0.2, 0) is 16.0 Å². The second kappa shape index (κ2) is 5.62. The number of hydrogen-bond acceptors (Lipinski definition) is 2. The first-order chi connectivity index (χ1) is 8.66. The van der Waals surface area contributed by atoms with Gasteiger partial charge in [-0.1, -0.05) is 18.2 Å². The van der Waals surface area contributed by atoms with Crippen LogP contribution in [0.15, 0.2) is 24.3 Å². The van der Waals surface area contributed by atoms with E-state index in [2.05, 4.69) is 10.6 Å². The van der Waals surface area contributed by atoms with E-state index in [4.69, 9.17) is 0 Å². The van der Waals surface area contributed by atoms with Crippen LogP contribution in [0.1, 0.15) is 12.0 Å². The maximum atomic E-state index is 13.3. The quantitative estimate of drug-likeness (QED) is 0.823. The molecule has 96 valence electrons. The molecule has 0 spiro atoms. The summed E-state index contributed by atoms with van der Waals surface area (Å²) in [5.41, 5.74) is 0.582. The molecule has 1 saturated heterocycles. The first-order valence-electron chi connectivity index (χ1n) is 5.94. The molecule has 1 aliphatic heterocycles. The zero-order valence-corrected chi connectivity index (χ0v) is 9.91. The van der Waals surface area contributed by atoms with Gasteiger partial charge >= 0.3 is 0 Å². The average Bonchev–Trinajstić information content (AvgIpc) is 2.78. The minimum absolute atomic E-state index is 0.0933. The van der Waals surface area contributed by atoms with Gasteiger partial charge < -0.3 is 10.6 Å². The highest BCUT2D eigenvalue weighted by Gasteiger charge is 2.27. The first kappa shape index (κ1) is 12.5. The van der Waals surface area contributed by atoms with Gasteiger partial charge in [0.25, 0.3) is 0 Å². The van der Waals surface area contributed by atoms with Gasteiger partial charge in [-0.05, 0) is 18.1 Å². The van der Waals surface area contributed by atoms with E-state index in [1.165, 1.54) is 6.07 Å². The van der Waals surface area contributed by atoms with Gasteiger partial charge in [-0.3, -0.25) is 9.59 Å². The number of benzene rings is 1. The Hall–Kier alpha value is -1.91. The van der Waals surface area contributed by atoms with Crippen LogP contribution in [0.4, 0.5) is 4.39 Å². The lowest BCUT2D eigenvalue weighted by atomic mass is 10.1. The second-order valence-corrected chi connectivity index (χ2v) is 4.34. The van der Waals surface area contributed by atoms with Crippen LogP contribution in [0.25, 0.3) is 0 Å². The second-order valence-electron chi connectivity index (χ2n) is 4.34. The number of nitrogens with one attached hydrogen (secondary N) is 2. The summed E-state index contributed by atoms with van der Waals surface area (Å²) in [5, 5.41) is 5.33. The summed E-state index contributed by atoms with van der Waals surface area (Å²) < 4.78 is 13.3. The van der Waals surface area contributed by atoms with E-state index in [0.717, 1.165) is 0 Å². The van der Waals surface area contributed by atoms with E-state index >= 15 is 0 Å². The number of halogens is 1.